The van der Waals surface area contributed by atoms with Crippen molar-refractivity contribution in [3.8, 4) is 0 Å². The predicted molar refractivity (Wildman–Crippen MR) is 73.5 cm³/mol. The molecule has 1 heterocycles. The van der Waals surface area contributed by atoms with E-state index in [4.69, 9.17) is 4.98 Å². The van der Waals surface area contributed by atoms with Crippen molar-refractivity contribution in [2.45, 2.75) is 20.8 Å². The van der Waals surface area contributed by atoms with Crippen LogP contribution in [0.1, 0.15) is 16.7 Å². The molecule has 2 aromatic carbocycles. The Balaban J connectivity index is 2.48. The molecule has 0 saturated heterocycles. The van der Waals surface area contributed by atoms with Crippen molar-refractivity contribution in [3.63, 3.8) is 0 Å². The van der Waals surface area contributed by atoms with Gasteiger partial charge in [-0.05, 0) is 49.6 Å². The minimum atomic E-state index is 1.09. The summed E-state index contributed by atoms with van der Waals surface area (Å²) in [5.41, 5.74) is 6.06. The summed E-state index contributed by atoms with van der Waals surface area (Å²) < 4.78 is 0. The van der Waals surface area contributed by atoms with Crippen LogP contribution in [0.4, 0.5) is 0 Å². The van der Waals surface area contributed by atoms with Gasteiger partial charge in [0.25, 0.3) is 0 Å². The molecule has 17 heavy (non-hydrogen) atoms. The molecule has 0 bridgehead atoms. The molecule has 0 spiro atoms. The summed E-state index contributed by atoms with van der Waals surface area (Å²) in [6.45, 7) is 6.39. The number of aromatic nitrogens is 1. The molecule has 0 aliphatic heterocycles. The number of rotatable bonds is 0. The van der Waals surface area contributed by atoms with Gasteiger partial charge in [0.15, 0.2) is 0 Å². The van der Waals surface area contributed by atoms with Crippen molar-refractivity contribution in [3.05, 3.63) is 53.1 Å². The van der Waals surface area contributed by atoms with Crippen LogP contribution < -0.4 is 0 Å². The molecular formula is C16H15N. The van der Waals surface area contributed by atoms with E-state index in [9.17, 15) is 0 Å². The topological polar surface area (TPSA) is 12.9 Å². The fraction of sp³-hybridized carbons (Fsp3) is 0.188. The second-order valence-electron chi connectivity index (χ2n) is 4.76. The Bertz CT molecular complexity index is 726. The zero-order valence-electron chi connectivity index (χ0n) is 10.4. The van der Waals surface area contributed by atoms with Gasteiger partial charge in [0.2, 0.25) is 0 Å². The standard InChI is InChI=1S/C16H15N/c1-10-4-6-13-9-14-7-5-11(2)12(3)16(14)17-15(13)8-10/h4-9H,1-3H3. The molecule has 0 radical (unpaired) electrons. The maximum atomic E-state index is 4.80. The zero-order chi connectivity index (χ0) is 12.0. The van der Waals surface area contributed by atoms with Gasteiger partial charge in [0.05, 0.1) is 11.0 Å². The molecule has 0 N–H and O–H groups in total. The van der Waals surface area contributed by atoms with Crippen molar-refractivity contribution in [2.75, 3.05) is 0 Å². The van der Waals surface area contributed by atoms with E-state index in [0.29, 0.717) is 0 Å². The Morgan fingerprint density at radius 2 is 1.59 bits per heavy atom. The SMILES string of the molecule is Cc1ccc2cc3ccc(C)c(C)c3nc2c1. The second-order valence-corrected chi connectivity index (χ2v) is 4.76. The highest BCUT2D eigenvalue weighted by molar-refractivity contribution is 5.94. The number of nitrogens with zero attached hydrogens (tertiary/aromatic N) is 1. The van der Waals surface area contributed by atoms with E-state index in [-0.39, 0.29) is 0 Å². The van der Waals surface area contributed by atoms with E-state index in [2.05, 4.69) is 57.2 Å². The molecule has 0 unspecified atom stereocenters. The van der Waals surface area contributed by atoms with Gasteiger partial charge in [-0.15, -0.1) is 0 Å². The lowest BCUT2D eigenvalue weighted by molar-refractivity contribution is 1.34. The number of fused-ring (bicyclic) bond motifs is 2. The summed E-state index contributed by atoms with van der Waals surface area (Å²) in [5.74, 6) is 0. The fourth-order valence-electron chi connectivity index (χ4n) is 2.25. The van der Waals surface area contributed by atoms with Gasteiger partial charge in [-0.2, -0.15) is 0 Å². The molecular weight excluding hydrogens is 206 g/mol. The maximum Gasteiger partial charge on any atom is 0.0741 e. The number of aryl methyl sites for hydroxylation is 3. The molecule has 0 fully saturated rings. The van der Waals surface area contributed by atoms with E-state index < -0.39 is 0 Å². The third kappa shape index (κ3) is 1.59. The summed E-state index contributed by atoms with van der Waals surface area (Å²) >= 11 is 0. The quantitative estimate of drug-likeness (QED) is 0.515. The summed E-state index contributed by atoms with van der Waals surface area (Å²) in [6.07, 6.45) is 0. The molecule has 0 atom stereocenters. The molecule has 0 saturated carbocycles. The number of benzene rings is 2. The Labute approximate surface area is 101 Å². The lowest BCUT2D eigenvalue weighted by Gasteiger charge is -2.07. The van der Waals surface area contributed by atoms with E-state index in [1.165, 1.54) is 27.5 Å². The van der Waals surface area contributed by atoms with Gasteiger partial charge in [-0.1, -0.05) is 24.3 Å². The largest absolute Gasteiger partial charge is 0.247 e. The van der Waals surface area contributed by atoms with E-state index in [1.54, 1.807) is 0 Å². The van der Waals surface area contributed by atoms with Crippen molar-refractivity contribution in [1.29, 1.82) is 0 Å². The molecule has 84 valence electrons. The van der Waals surface area contributed by atoms with Gasteiger partial charge >= 0.3 is 0 Å². The number of hydrogen-bond donors (Lipinski definition) is 0. The zero-order valence-corrected chi connectivity index (χ0v) is 10.4. The highest BCUT2D eigenvalue weighted by Gasteiger charge is 2.04. The Kier molecular flexibility index (Phi) is 2.15. The van der Waals surface area contributed by atoms with E-state index >= 15 is 0 Å². The second kappa shape index (κ2) is 3.56. The van der Waals surface area contributed by atoms with Crippen LogP contribution >= 0.6 is 0 Å². The lowest BCUT2D eigenvalue weighted by atomic mass is 10.0. The molecule has 1 aromatic heterocycles. The Morgan fingerprint density at radius 1 is 0.824 bits per heavy atom. The first-order valence-corrected chi connectivity index (χ1v) is 5.92. The van der Waals surface area contributed by atoms with Gasteiger partial charge in [0, 0.05) is 10.8 Å². The van der Waals surface area contributed by atoms with Crippen LogP contribution in [0, 0.1) is 20.8 Å². The fourth-order valence-corrected chi connectivity index (χ4v) is 2.25. The summed E-state index contributed by atoms with van der Waals surface area (Å²) in [6, 6.07) is 13.0. The van der Waals surface area contributed by atoms with Crippen LogP contribution in [-0.4, -0.2) is 4.98 Å². The van der Waals surface area contributed by atoms with Gasteiger partial charge in [0.1, 0.15) is 0 Å². The first-order chi connectivity index (χ1) is 8.15. The number of pyridine rings is 1. The summed E-state index contributed by atoms with van der Waals surface area (Å²) in [7, 11) is 0. The maximum absolute atomic E-state index is 4.80. The monoisotopic (exact) mass is 221 g/mol. The summed E-state index contributed by atoms with van der Waals surface area (Å²) in [4.78, 5) is 4.80. The van der Waals surface area contributed by atoms with Crippen molar-refractivity contribution >= 4 is 21.8 Å². The molecule has 1 heteroatoms. The smallest absolute Gasteiger partial charge is 0.0741 e. The molecule has 1 nitrogen and oxygen atoms in total. The Hall–Kier alpha value is -1.89. The first-order valence-electron chi connectivity index (χ1n) is 5.92. The van der Waals surface area contributed by atoms with Crippen LogP contribution in [-0.2, 0) is 0 Å². The molecule has 0 aliphatic carbocycles. The summed E-state index contributed by atoms with van der Waals surface area (Å²) in [5, 5.41) is 2.44. The van der Waals surface area contributed by atoms with E-state index in [1.807, 2.05) is 0 Å². The van der Waals surface area contributed by atoms with Gasteiger partial charge < -0.3 is 0 Å². The molecule has 3 aromatic rings. The average molecular weight is 221 g/mol. The van der Waals surface area contributed by atoms with Crippen molar-refractivity contribution in [2.24, 2.45) is 0 Å². The van der Waals surface area contributed by atoms with Gasteiger partial charge in [-0.3, -0.25) is 0 Å². The molecule has 0 aliphatic rings. The van der Waals surface area contributed by atoms with Crippen molar-refractivity contribution < 1.29 is 0 Å². The normalized spacial score (nSPS) is 11.2. The van der Waals surface area contributed by atoms with Crippen LogP contribution in [0.5, 0.6) is 0 Å². The lowest BCUT2D eigenvalue weighted by Crippen LogP contribution is -1.89. The minimum Gasteiger partial charge on any atom is -0.247 e. The predicted octanol–water partition coefficient (Wildman–Crippen LogP) is 4.31. The average Bonchev–Trinajstić information content (AvgIpc) is 2.32. The number of hydrogen-bond acceptors (Lipinski definition) is 1. The van der Waals surface area contributed by atoms with Crippen LogP contribution in [0.2, 0.25) is 0 Å². The van der Waals surface area contributed by atoms with Crippen LogP contribution in [0.25, 0.3) is 21.8 Å². The molecule has 0 amide bonds. The minimum absolute atomic E-state index is 1.09. The first kappa shape index (κ1) is 10.3. The third-order valence-corrected chi connectivity index (χ3v) is 3.46. The van der Waals surface area contributed by atoms with Crippen LogP contribution in [0.15, 0.2) is 36.4 Å². The third-order valence-electron chi connectivity index (χ3n) is 3.46. The highest BCUT2D eigenvalue weighted by Crippen LogP contribution is 2.24. The highest BCUT2D eigenvalue weighted by atomic mass is 14.7. The molecule has 3 rings (SSSR count). The van der Waals surface area contributed by atoms with Gasteiger partial charge in [-0.25, -0.2) is 4.98 Å². The van der Waals surface area contributed by atoms with Crippen molar-refractivity contribution in [1.82, 2.24) is 4.98 Å². The van der Waals surface area contributed by atoms with E-state index in [0.717, 1.165) is 11.0 Å². The van der Waals surface area contributed by atoms with Crippen LogP contribution in [0.3, 0.4) is 0 Å². The Morgan fingerprint density at radius 3 is 2.41 bits per heavy atom.